The third-order valence-electron chi connectivity index (χ3n) is 6.52. The summed E-state index contributed by atoms with van der Waals surface area (Å²) in [7, 11) is 0. The number of nitrogens with zero attached hydrogens (tertiary/aromatic N) is 1. The number of fused-ring (bicyclic) bond motifs is 1. The standard InChI is InChI=1S/C29H26N2O3/c1-17(2)19-12-14-21(15-13-19)31-26(23-16-30-24-7-5-4-6-22(23)24)25(28(33)29(31)34)27(32)20-10-8-18(3)9-11-20/h4-17,26,30,32H,1-3H3/b27-25+. The molecule has 1 saturated heterocycles. The van der Waals surface area contributed by atoms with Gasteiger partial charge in [0.1, 0.15) is 5.76 Å². The molecule has 0 spiro atoms. The zero-order valence-corrected chi connectivity index (χ0v) is 19.4. The van der Waals surface area contributed by atoms with Crippen LogP contribution in [0.15, 0.2) is 84.6 Å². The molecule has 2 heterocycles. The number of carbonyl (C=O) groups is 2. The van der Waals surface area contributed by atoms with Crippen LogP contribution in [-0.2, 0) is 9.59 Å². The predicted molar refractivity (Wildman–Crippen MR) is 135 cm³/mol. The van der Waals surface area contributed by atoms with Crippen LogP contribution in [0.25, 0.3) is 16.7 Å². The van der Waals surface area contributed by atoms with Crippen LogP contribution in [-0.4, -0.2) is 21.8 Å². The van der Waals surface area contributed by atoms with Crippen molar-refractivity contribution in [3.63, 3.8) is 0 Å². The number of carbonyl (C=O) groups excluding carboxylic acids is 2. The van der Waals surface area contributed by atoms with Crippen LogP contribution in [0.2, 0.25) is 0 Å². The van der Waals surface area contributed by atoms with Gasteiger partial charge in [-0.05, 0) is 36.6 Å². The quantitative estimate of drug-likeness (QED) is 0.220. The van der Waals surface area contributed by atoms with E-state index in [-0.39, 0.29) is 11.3 Å². The number of aromatic amines is 1. The molecule has 0 saturated carbocycles. The maximum Gasteiger partial charge on any atom is 0.300 e. The minimum Gasteiger partial charge on any atom is -0.507 e. The number of hydrogen-bond acceptors (Lipinski definition) is 3. The van der Waals surface area contributed by atoms with Crippen molar-refractivity contribution in [2.45, 2.75) is 32.7 Å². The zero-order valence-electron chi connectivity index (χ0n) is 19.4. The molecule has 1 amide bonds. The number of aryl methyl sites for hydroxylation is 1. The average molecular weight is 451 g/mol. The minimum absolute atomic E-state index is 0.0894. The second-order valence-corrected chi connectivity index (χ2v) is 9.07. The molecule has 1 aliphatic rings. The lowest BCUT2D eigenvalue weighted by molar-refractivity contribution is -0.132. The molecule has 34 heavy (non-hydrogen) atoms. The van der Waals surface area contributed by atoms with Crippen LogP contribution in [0.4, 0.5) is 5.69 Å². The molecular formula is C29H26N2O3. The van der Waals surface area contributed by atoms with Gasteiger partial charge in [-0.15, -0.1) is 0 Å². The molecule has 1 atom stereocenters. The van der Waals surface area contributed by atoms with Crippen molar-refractivity contribution >= 4 is 34.0 Å². The van der Waals surface area contributed by atoms with E-state index in [1.165, 1.54) is 4.90 Å². The number of hydrogen-bond donors (Lipinski definition) is 2. The van der Waals surface area contributed by atoms with Crippen LogP contribution >= 0.6 is 0 Å². The highest BCUT2D eigenvalue weighted by Gasteiger charge is 2.47. The Kier molecular flexibility index (Phi) is 5.33. The molecule has 1 aliphatic heterocycles. The highest BCUT2D eigenvalue weighted by molar-refractivity contribution is 6.51. The number of benzene rings is 3. The number of rotatable bonds is 4. The van der Waals surface area contributed by atoms with E-state index in [4.69, 9.17) is 0 Å². The predicted octanol–water partition coefficient (Wildman–Crippen LogP) is 6.23. The first-order chi connectivity index (χ1) is 16.4. The number of amides is 1. The Balaban J connectivity index is 1.74. The highest BCUT2D eigenvalue weighted by atomic mass is 16.3. The largest absolute Gasteiger partial charge is 0.507 e. The van der Waals surface area contributed by atoms with E-state index in [2.05, 4.69) is 18.8 Å². The molecule has 0 aliphatic carbocycles. The topological polar surface area (TPSA) is 73.4 Å². The number of nitrogens with one attached hydrogen (secondary N) is 1. The van der Waals surface area contributed by atoms with Gasteiger partial charge in [0.05, 0.1) is 11.6 Å². The molecule has 2 N–H and O–H groups in total. The zero-order chi connectivity index (χ0) is 24.0. The lowest BCUT2D eigenvalue weighted by atomic mass is 9.94. The van der Waals surface area contributed by atoms with Gasteiger partial charge in [0.15, 0.2) is 0 Å². The number of Topliss-reactive ketones (excluding diaryl/α,β-unsaturated/α-hetero) is 1. The summed E-state index contributed by atoms with van der Waals surface area (Å²) in [4.78, 5) is 31.5. The Hall–Kier alpha value is -4.12. The fourth-order valence-electron chi connectivity index (χ4n) is 4.60. The van der Waals surface area contributed by atoms with E-state index in [0.29, 0.717) is 17.2 Å². The van der Waals surface area contributed by atoms with Crippen molar-refractivity contribution in [1.29, 1.82) is 0 Å². The first-order valence-electron chi connectivity index (χ1n) is 11.4. The van der Waals surface area contributed by atoms with Crippen molar-refractivity contribution in [2.75, 3.05) is 4.90 Å². The number of anilines is 1. The molecule has 1 aromatic heterocycles. The molecule has 5 nitrogen and oxygen atoms in total. The maximum absolute atomic E-state index is 13.4. The van der Waals surface area contributed by atoms with Crippen molar-refractivity contribution in [1.82, 2.24) is 4.98 Å². The average Bonchev–Trinajstić information content (AvgIpc) is 3.38. The molecule has 4 aromatic rings. The molecular weight excluding hydrogens is 424 g/mol. The van der Waals surface area contributed by atoms with Crippen molar-refractivity contribution < 1.29 is 14.7 Å². The van der Waals surface area contributed by atoms with Crippen molar-refractivity contribution in [2.24, 2.45) is 0 Å². The van der Waals surface area contributed by atoms with E-state index in [0.717, 1.165) is 27.6 Å². The van der Waals surface area contributed by atoms with Gasteiger partial charge in [-0.2, -0.15) is 0 Å². The summed E-state index contributed by atoms with van der Waals surface area (Å²) in [6.45, 7) is 6.17. The van der Waals surface area contributed by atoms with Gasteiger partial charge in [0.2, 0.25) is 0 Å². The Bertz CT molecular complexity index is 1430. The normalized spacial score (nSPS) is 17.8. The lowest BCUT2D eigenvalue weighted by Crippen LogP contribution is -2.29. The van der Waals surface area contributed by atoms with Gasteiger partial charge in [0.25, 0.3) is 11.7 Å². The van der Waals surface area contributed by atoms with Gasteiger partial charge >= 0.3 is 0 Å². The molecule has 1 fully saturated rings. The lowest BCUT2D eigenvalue weighted by Gasteiger charge is -2.25. The Morgan fingerprint density at radius 1 is 0.941 bits per heavy atom. The van der Waals surface area contributed by atoms with Gasteiger partial charge in [-0.1, -0.05) is 74.0 Å². The number of ketones is 1. The van der Waals surface area contributed by atoms with E-state index in [1.807, 2.05) is 73.8 Å². The van der Waals surface area contributed by atoms with Crippen LogP contribution < -0.4 is 4.90 Å². The van der Waals surface area contributed by atoms with E-state index in [9.17, 15) is 14.7 Å². The second kappa shape index (κ2) is 8.34. The highest BCUT2D eigenvalue weighted by Crippen LogP contribution is 2.44. The monoisotopic (exact) mass is 450 g/mol. The van der Waals surface area contributed by atoms with Crippen molar-refractivity contribution in [3.8, 4) is 0 Å². The SMILES string of the molecule is Cc1ccc(/C(O)=C2\C(=O)C(=O)N(c3ccc(C(C)C)cc3)C2c2c[nH]c3ccccc23)cc1. The summed E-state index contributed by atoms with van der Waals surface area (Å²) in [5.41, 5.74) is 5.05. The van der Waals surface area contributed by atoms with Crippen LogP contribution in [0.5, 0.6) is 0 Å². The molecule has 1 unspecified atom stereocenters. The number of para-hydroxylation sites is 1. The molecule has 3 aromatic carbocycles. The first kappa shape index (κ1) is 21.7. The van der Waals surface area contributed by atoms with Crippen LogP contribution in [0.1, 0.15) is 48.1 Å². The van der Waals surface area contributed by atoms with E-state index < -0.39 is 17.7 Å². The number of aliphatic hydroxyl groups is 1. The Morgan fingerprint density at radius 2 is 1.62 bits per heavy atom. The summed E-state index contributed by atoms with van der Waals surface area (Å²) >= 11 is 0. The van der Waals surface area contributed by atoms with Gasteiger partial charge in [0, 0.05) is 33.9 Å². The second-order valence-electron chi connectivity index (χ2n) is 9.07. The number of aromatic nitrogens is 1. The third kappa shape index (κ3) is 3.50. The fraction of sp³-hybridized carbons (Fsp3) is 0.172. The number of aliphatic hydroxyl groups excluding tert-OH is 1. The summed E-state index contributed by atoms with van der Waals surface area (Å²) in [5, 5.41) is 12.2. The first-order valence-corrected chi connectivity index (χ1v) is 11.4. The summed E-state index contributed by atoms with van der Waals surface area (Å²) < 4.78 is 0. The van der Waals surface area contributed by atoms with E-state index in [1.54, 1.807) is 12.1 Å². The maximum atomic E-state index is 13.4. The number of H-pyrrole nitrogens is 1. The Labute approximate surface area is 198 Å². The minimum atomic E-state index is -0.762. The molecule has 5 heteroatoms. The van der Waals surface area contributed by atoms with E-state index >= 15 is 0 Å². The van der Waals surface area contributed by atoms with Crippen LogP contribution in [0, 0.1) is 6.92 Å². The summed E-state index contributed by atoms with van der Waals surface area (Å²) in [6, 6.07) is 22.0. The molecule has 170 valence electrons. The summed E-state index contributed by atoms with van der Waals surface area (Å²) in [6.07, 6.45) is 1.82. The summed E-state index contributed by atoms with van der Waals surface area (Å²) in [5.74, 6) is -1.17. The van der Waals surface area contributed by atoms with Gasteiger partial charge in [-0.25, -0.2) is 0 Å². The molecule has 5 rings (SSSR count). The third-order valence-corrected chi connectivity index (χ3v) is 6.52. The van der Waals surface area contributed by atoms with Gasteiger partial charge in [-0.3, -0.25) is 14.5 Å². The molecule has 0 bridgehead atoms. The molecule has 0 radical (unpaired) electrons. The van der Waals surface area contributed by atoms with Crippen LogP contribution in [0.3, 0.4) is 0 Å². The van der Waals surface area contributed by atoms with Crippen molar-refractivity contribution in [3.05, 3.63) is 107 Å². The van der Waals surface area contributed by atoms with Gasteiger partial charge < -0.3 is 10.1 Å². The smallest absolute Gasteiger partial charge is 0.300 e. The fourth-order valence-corrected chi connectivity index (χ4v) is 4.60. The Morgan fingerprint density at radius 3 is 2.29 bits per heavy atom.